The second-order valence-corrected chi connectivity index (χ2v) is 10.6. The van der Waals surface area contributed by atoms with Crippen molar-refractivity contribution in [2.24, 2.45) is 0 Å². The molecule has 5 rings (SSSR count). The van der Waals surface area contributed by atoms with Crippen LogP contribution < -0.4 is 25.4 Å². The van der Waals surface area contributed by atoms with Gasteiger partial charge in [0.15, 0.2) is 0 Å². The van der Waals surface area contributed by atoms with E-state index in [4.69, 9.17) is 18.9 Å². The molecule has 1 fully saturated rings. The average Bonchev–Trinajstić information content (AvgIpc) is 3.55. The molecule has 2 aliphatic heterocycles. The molecule has 2 aliphatic rings. The van der Waals surface area contributed by atoms with Crippen LogP contribution in [0, 0.1) is 0 Å². The molecule has 44 heavy (non-hydrogen) atoms. The summed E-state index contributed by atoms with van der Waals surface area (Å²) in [5.41, 5.74) is 1.20. The van der Waals surface area contributed by atoms with Crippen LogP contribution in [-0.2, 0) is 27.4 Å². The van der Waals surface area contributed by atoms with E-state index in [2.05, 4.69) is 20.9 Å². The molecule has 3 N–H and O–H groups in total. The number of aryl methyl sites for hydroxylation is 1. The topological polar surface area (TPSA) is 145 Å². The van der Waals surface area contributed by atoms with Crippen LogP contribution in [0.3, 0.4) is 0 Å². The number of ether oxygens (including phenoxy) is 4. The molecule has 13 nitrogen and oxygen atoms in total. The molecule has 3 aromatic rings. The number of piperidine rings is 1. The number of carbonyl (C=O) groups is 3. The van der Waals surface area contributed by atoms with Gasteiger partial charge in [-0.05, 0) is 36.2 Å². The average molecular weight is 607 g/mol. The Morgan fingerprint density at radius 3 is 2.82 bits per heavy atom. The van der Waals surface area contributed by atoms with Crippen molar-refractivity contribution in [2.45, 2.75) is 38.1 Å². The minimum atomic E-state index is -0.432. The number of methoxy groups -OCH3 is 1. The van der Waals surface area contributed by atoms with Crippen LogP contribution in [0.5, 0.6) is 17.2 Å². The number of hydrogen-bond acceptors (Lipinski definition) is 8. The van der Waals surface area contributed by atoms with Crippen molar-refractivity contribution in [3.05, 3.63) is 72.3 Å². The lowest BCUT2D eigenvalue weighted by Gasteiger charge is -2.38. The Balaban J connectivity index is 1.32. The Morgan fingerprint density at radius 1 is 1.09 bits per heavy atom. The second-order valence-electron chi connectivity index (χ2n) is 10.6. The molecule has 13 heteroatoms. The van der Waals surface area contributed by atoms with Gasteiger partial charge in [-0.1, -0.05) is 12.1 Å². The van der Waals surface area contributed by atoms with E-state index in [9.17, 15) is 14.4 Å². The number of hydrogen-bond donors (Lipinski definition) is 3. The number of nitrogens with zero attached hydrogens (tertiary/aromatic N) is 3. The lowest BCUT2D eigenvalue weighted by Crippen LogP contribution is -2.58. The van der Waals surface area contributed by atoms with E-state index in [0.29, 0.717) is 68.5 Å². The summed E-state index contributed by atoms with van der Waals surface area (Å²) in [6.07, 6.45) is 5.65. The molecule has 1 saturated heterocycles. The van der Waals surface area contributed by atoms with E-state index in [-0.39, 0.29) is 43.6 Å². The molecule has 0 unspecified atom stereocenters. The van der Waals surface area contributed by atoms with Crippen molar-refractivity contribution in [2.75, 3.05) is 46.5 Å². The van der Waals surface area contributed by atoms with Crippen LogP contribution in [0.1, 0.15) is 28.8 Å². The summed E-state index contributed by atoms with van der Waals surface area (Å²) in [5, 5.41) is 8.62. The third-order valence-corrected chi connectivity index (χ3v) is 7.36. The molecular weight excluding hydrogens is 568 g/mol. The van der Waals surface area contributed by atoms with Gasteiger partial charge in [-0.15, -0.1) is 0 Å². The fraction of sp³-hybridized carbons (Fsp3) is 0.419. The third-order valence-electron chi connectivity index (χ3n) is 7.36. The molecule has 2 atom stereocenters. The van der Waals surface area contributed by atoms with Gasteiger partial charge in [0.05, 0.1) is 31.7 Å². The van der Waals surface area contributed by atoms with Crippen LogP contribution in [-0.4, -0.2) is 90.9 Å². The molecule has 2 aromatic carbocycles. The van der Waals surface area contributed by atoms with Gasteiger partial charge in [-0.2, -0.15) is 0 Å². The van der Waals surface area contributed by atoms with Crippen LogP contribution in [0.25, 0.3) is 0 Å². The molecule has 0 aliphatic carbocycles. The molecule has 3 heterocycles. The number of benzene rings is 2. The number of likely N-dealkylation sites (tertiary alicyclic amines) is 1. The van der Waals surface area contributed by atoms with E-state index in [1.807, 2.05) is 35.0 Å². The monoisotopic (exact) mass is 606 g/mol. The van der Waals surface area contributed by atoms with Crippen LogP contribution >= 0.6 is 0 Å². The first-order valence-corrected chi connectivity index (χ1v) is 14.7. The van der Waals surface area contributed by atoms with Crippen LogP contribution in [0.15, 0.2) is 61.2 Å². The highest BCUT2D eigenvalue weighted by atomic mass is 16.5. The fourth-order valence-electron chi connectivity index (χ4n) is 5.08. The molecule has 234 valence electrons. The van der Waals surface area contributed by atoms with Crippen LogP contribution in [0.4, 0.5) is 4.79 Å². The summed E-state index contributed by atoms with van der Waals surface area (Å²) in [6, 6.07) is 11.7. The number of aromatic nitrogens is 2. The lowest BCUT2D eigenvalue weighted by molar-refractivity contribution is -0.136. The van der Waals surface area contributed by atoms with Gasteiger partial charge in [0, 0.05) is 70.3 Å². The van der Waals surface area contributed by atoms with E-state index in [0.717, 1.165) is 5.56 Å². The van der Waals surface area contributed by atoms with Gasteiger partial charge in [-0.25, -0.2) is 9.78 Å². The zero-order chi connectivity index (χ0) is 30.7. The Labute approximate surface area is 255 Å². The van der Waals surface area contributed by atoms with E-state index >= 15 is 0 Å². The summed E-state index contributed by atoms with van der Waals surface area (Å²) in [5.74, 6) is 1.13. The zero-order valence-electron chi connectivity index (χ0n) is 24.7. The number of carbonyl (C=O) groups excluding carboxylic acids is 3. The van der Waals surface area contributed by atoms with Gasteiger partial charge in [-0.3, -0.25) is 9.59 Å². The molecular formula is C31H38N6O7. The molecule has 0 radical (unpaired) electrons. The van der Waals surface area contributed by atoms with Crippen molar-refractivity contribution in [3.8, 4) is 17.2 Å². The standard InChI is InChI=1S/C31H38N6O7/c1-41-13-14-42-25-16-23-17-26(18-25)44-24-4-2-3-22(15-24)20-43-28-19-37(29(38)6-10-36-12-9-32-21-36)11-5-27(28)35-31(40)34-8-7-33-30(23)39/h2-4,9,12,15-18,21,27-28H,5-8,10-11,13-14,19-20H2,1H3,(H,33,39)(H2,34,35,40)/t27-,28-/m0/s1. The van der Waals surface area contributed by atoms with E-state index in [1.165, 1.54) is 0 Å². The summed E-state index contributed by atoms with van der Waals surface area (Å²) >= 11 is 0. The lowest BCUT2D eigenvalue weighted by atomic mass is 10.0. The second kappa shape index (κ2) is 15.2. The molecule has 0 saturated carbocycles. The van der Waals surface area contributed by atoms with E-state index < -0.39 is 6.10 Å². The Bertz CT molecular complexity index is 1420. The van der Waals surface area contributed by atoms with Gasteiger partial charge in [0.2, 0.25) is 5.91 Å². The Kier molecular flexibility index (Phi) is 10.7. The quantitative estimate of drug-likeness (QED) is 0.348. The number of urea groups is 1. The van der Waals surface area contributed by atoms with Crippen molar-refractivity contribution < 1.29 is 33.3 Å². The molecule has 0 spiro atoms. The minimum Gasteiger partial charge on any atom is -0.491 e. The normalized spacial score (nSPS) is 19.2. The summed E-state index contributed by atoms with van der Waals surface area (Å²) in [6.45, 7) is 2.75. The fourth-order valence-corrected chi connectivity index (χ4v) is 5.08. The first-order valence-electron chi connectivity index (χ1n) is 14.7. The van der Waals surface area contributed by atoms with Crippen molar-refractivity contribution >= 4 is 17.8 Å². The molecule has 4 bridgehead atoms. The third kappa shape index (κ3) is 8.71. The highest BCUT2D eigenvalue weighted by Gasteiger charge is 2.33. The Hall–Kier alpha value is -4.62. The summed E-state index contributed by atoms with van der Waals surface area (Å²) in [7, 11) is 1.58. The van der Waals surface area contributed by atoms with Crippen LogP contribution in [0.2, 0.25) is 0 Å². The van der Waals surface area contributed by atoms with Crippen molar-refractivity contribution in [1.29, 1.82) is 0 Å². The Morgan fingerprint density at radius 2 is 1.98 bits per heavy atom. The maximum Gasteiger partial charge on any atom is 0.315 e. The number of nitrogens with one attached hydrogen (secondary N) is 3. The zero-order valence-corrected chi connectivity index (χ0v) is 24.7. The van der Waals surface area contributed by atoms with E-state index in [1.54, 1.807) is 42.7 Å². The van der Waals surface area contributed by atoms with Gasteiger partial charge in [0.25, 0.3) is 5.91 Å². The maximum atomic E-state index is 13.0. The molecule has 4 amide bonds. The maximum absolute atomic E-state index is 13.0. The number of rotatable bonds is 7. The first-order chi connectivity index (χ1) is 21.5. The predicted octanol–water partition coefficient (Wildman–Crippen LogP) is 2.32. The number of fused-ring (bicyclic) bond motifs is 5. The van der Waals surface area contributed by atoms with Crippen molar-refractivity contribution in [1.82, 2.24) is 30.4 Å². The highest BCUT2D eigenvalue weighted by molar-refractivity contribution is 5.95. The van der Waals surface area contributed by atoms with Gasteiger partial charge < -0.3 is 44.4 Å². The molecule has 1 aromatic heterocycles. The first kappa shape index (κ1) is 30.8. The summed E-state index contributed by atoms with van der Waals surface area (Å²) < 4.78 is 25.2. The largest absolute Gasteiger partial charge is 0.491 e. The minimum absolute atomic E-state index is 0.0172. The highest BCUT2D eigenvalue weighted by Crippen LogP contribution is 2.29. The predicted molar refractivity (Wildman–Crippen MR) is 160 cm³/mol. The number of imidazole rings is 1. The van der Waals surface area contributed by atoms with Gasteiger partial charge >= 0.3 is 6.03 Å². The number of amides is 4. The SMILES string of the molecule is COCCOc1cc2cc(c1)C(=O)NCCNC(=O)N[C@H]1CCN(C(=O)CCn3ccnc3)C[C@@H]1OCc1cccc(c1)O2. The van der Waals surface area contributed by atoms with Gasteiger partial charge in [0.1, 0.15) is 23.9 Å². The smallest absolute Gasteiger partial charge is 0.315 e. The summed E-state index contributed by atoms with van der Waals surface area (Å²) in [4.78, 5) is 44.6. The van der Waals surface area contributed by atoms with Crippen molar-refractivity contribution in [3.63, 3.8) is 0 Å².